The predicted octanol–water partition coefficient (Wildman–Crippen LogP) is 1.69. The van der Waals surface area contributed by atoms with Crippen LogP contribution in [0.25, 0.3) is 5.82 Å². The van der Waals surface area contributed by atoms with Gasteiger partial charge >= 0.3 is 0 Å². The lowest BCUT2D eigenvalue weighted by Gasteiger charge is -2.25. The second kappa shape index (κ2) is 9.79. The number of rotatable bonds is 5. The Morgan fingerprint density at radius 2 is 1.83 bits per heavy atom. The maximum Gasteiger partial charge on any atom is 0.292 e. The molecule has 1 aliphatic heterocycles. The summed E-state index contributed by atoms with van der Waals surface area (Å²) in [5.41, 5.74) is 10.3. The fourth-order valence-corrected chi connectivity index (χ4v) is 3.72. The van der Waals surface area contributed by atoms with Crippen molar-refractivity contribution in [3.05, 3.63) is 11.4 Å². The minimum absolute atomic E-state index is 0. The molecule has 0 atom stereocenters. The molecule has 1 saturated carbocycles. The highest BCUT2D eigenvalue weighted by Crippen LogP contribution is 2.19. The van der Waals surface area contributed by atoms with Crippen molar-refractivity contribution in [3.8, 4) is 5.82 Å². The summed E-state index contributed by atoms with van der Waals surface area (Å²) in [7, 11) is 0. The highest BCUT2D eigenvalue weighted by atomic mass is 35.5. The molecule has 0 bridgehead atoms. The highest BCUT2D eigenvalue weighted by Gasteiger charge is 2.26. The van der Waals surface area contributed by atoms with E-state index in [1.807, 2.05) is 0 Å². The number of likely N-dealkylation sites (tertiary alicyclic amines) is 1. The Labute approximate surface area is 174 Å². The summed E-state index contributed by atoms with van der Waals surface area (Å²) < 4.78 is 5.94. The quantitative estimate of drug-likeness (QED) is 0.692. The summed E-state index contributed by atoms with van der Waals surface area (Å²) in [5, 5.41) is 20.0. The van der Waals surface area contributed by atoms with Crippen molar-refractivity contribution in [3.63, 3.8) is 0 Å². The zero-order valence-electron chi connectivity index (χ0n) is 16.2. The van der Waals surface area contributed by atoms with Gasteiger partial charge in [0.05, 0.1) is 0 Å². The lowest BCUT2D eigenvalue weighted by molar-refractivity contribution is 0.0944. The molecule has 2 aliphatic rings. The molecular weight excluding hydrogens is 398 g/mol. The predicted molar refractivity (Wildman–Crippen MR) is 108 cm³/mol. The second-order valence-corrected chi connectivity index (χ2v) is 7.29. The van der Waals surface area contributed by atoms with E-state index in [4.69, 9.17) is 5.73 Å². The average molecular weight is 424 g/mol. The molecule has 11 nitrogen and oxygen atoms in total. The van der Waals surface area contributed by atoms with Crippen LogP contribution in [0.3, 0.4) is 0 Å². The van der Waals surface area contributed by atoms with E-state index in [9.17, 15) is 4.79 Å². The van der Waals surface area contributed by atoms with Gasteiger partial charge in [-0.25, -0.2) is 10.1 Å². The molecule has 4 rings (SSSR count). The third-order valence-electron chi connectivity index (χ3n) is 5.22. The molecule has 158 valence electrons. The molecule has 1 saturated heterocycles. The number of amides is 1. The number of nitrogen functional groups attached to an aromatic ring is 1. The summed E-state index contributed by atoms with van der Waals surface area (Å²) >= 11 is 0. The molecule has 0 unspecified atom stereocenters. The van der Waals surface area contributed by atoms with Crippen molar-refractivity contribution in [1.82, 2.24) is 35.6 Å². The molecule has 0 spiro atoms. The molecule has 0 aromatic carbocycles. The van der Waals surface area contributed by atoms with Crippen LogP contribution in [0.5, 0.6) is 0 Å². The number of aromatic nitrogens is 5. The number of nitrogens with one attached hydrogen (secondary N) is 1. The Balaban J connectivity index is 0.00000240. The first-order valence-corrected chi connectivity index (χ1v) is 9.83. The second-order valence-electron chi connectivity index (χ2n) is 7.29. The number of halogens is 1. The van der Waals surface area contributed by atoms with Crippen LogP contribution >= 0.6 is 12.4 Å². The largest absolute Gasteiger partial charge is 0.378 e. The molecule has 3 heterocycles. The number of nitrogens with two attached hydrogens (primary N) is 1. The average Bonchev–Trinajstić information content (AvgIpc) is 3.33. The van der Waals surface area contributed by atoms with E-state index >= 15 is 0 Å². The van der Waals surface area contributed by atoms with Crippen LogP contribution in [0.2, 0.25) is 0 Å². The van der Waals surface area contributed by atoms with Gasteiger partial charge in [0.25, 0.3) is 5.91 Å². The van der Waals surface area contributed by atoms with Gasteiger partial charge in [-0.2, -0.15) is 9.78 Å². The highest BCUT2D eigenvalue weighted by molar-refractivity contribution is 5.95. The molecule has 2 fully saturated rings. The number of hydrogen-bond donors (Lipinski definition) is 2. The van der Waals surface area contributed by atoms with Gasteiger partial charge in [0.1, 0.15) is 5.69 Å². The Hall–Kier alpha value is -2.53. The van der Waals surface area contributed by atoms with Crippen LogP contribution in [-0.2, 0) is 6.54 Å². The number of hydrogen-bond acceptors (Lipinski definition) is 9. The van der Waals surface area contributed by atoms with Crippen LogP contribution in [0.4, 0.5) is 5.82 Å². The van der Waals surface area contributed by atoms with Gasteiger partial charge in [-0.05, 0) is 61.9 Å². The van der Waals surface area contributed by atoms with Gasteiger partial charge < -0.3 is 5.73 Å². The molecule has 2 aromatic rings. The Bertz CT molecular complexity index is 849. The third kappa shape index (κ3) is 4.91. The zero-order chi connectivity index (χ0) is 19.3. The van der Waals surface area contributed by atoms with Gasteiger partial charge in [-0.15, -0.1) is 17.5 Å². The van der Waals surface area contributed by atoms with E-state index in [-0.39, 0.29) is 29.7 Å². The first-order chi connectivity index (χ1) is 13.7. The van der Waals surface area contributed by atoms with Crippen molar-refractivity contribution < 1.29 is 9.42 Å². The summed E-state index contributed by atoms with van der Waals surface area (Å²) in [5.74, 6) is -0.201. The van der Waals surface area contributed by atoms with Crippen LogP contribution in [0.15, 0.2) is 9.73 Å². The van der Waals surface area contributed by atoms with E-state index < -0.39 is 5.91 Å². The minimum Gasteiger partial charge on any atom is -0.378 e. The topological polar surface area (TPSA) is 140 Å². The van der Waals surface area contributed by atoms with Crippen molar-refractivity contribution in [1.29, 1.82) is 0 Å². The summed E-state index contributed by atoms with van der Waals surface area (Å²) in [6, 6.07) is 0. The van der Waals surface area contributed by atoms with Gasteiger partial charge in [-0.3, -0.25) is 9.69 Å². The van der Waals surface area contributed by atoms with Gasteiger partial charge in [0.2, 0.25) is 11.6 Å². The number of carbonyl (C=O) groups excluding carboxylic acids is 1. The van der Waals surface area contributed by atoms with Crippen molar-refractivity contribution in [2.45, 2.75) is 57.9 Å². The molecule has 1 amide bonds. The smallest absolute Gasteiger partial charge is 0.292 e. The zero-order valence-corrected chi connectivity index (χ0v) is 17.0. The normalized spacial score (nSPS) is 17.6. The first kappa shape index (κ1) is 21.2. The first-order valence-electron chi connectivity index (χ1n) is 9.83. The fraction of sp³-hybridized carbons (Fsp3) is 0.647. The van der Waals surface area contributed by atoms with Crippen LogP contribution in [0.1, 0.15) is 67.5 Å². The standard InChI is InChI=1S/C17H25N9O2.ClH/c18-15-16(23-28-22-15)26-14(17(27)21-19-12-7-3-1-4-8-12)13(20-24-26)11-25-9-5-2-6-10-25;/h1-11H2,(H2,18,22)(H,21,27);1H. The van der Waals surface area contributed by atoms with E-state index in [1.165, 1.54) is 17.5 Å². The summed E-state index contributed by atoms with van der Waals surface area (Å²) in [6.45, 7) is 2.48. The van der Waals surface area contributed by atoms with E-state index in [0.29, 0.717) is 12.2 Å². The van der Waals surface area contributed by atoms with Crippen LogP contribution in [-0.4, -0.2) is 54.9 Å². The SMILES string of the molecule is Cl.Nc1nonc1-n1nnc(CN2CCCCC2)c1C(=O)NN=C1CCCCC1. The van der Waals surface area contributed by atoms with E-state index in [1.54, 1.807) is 0 Å². The molecular formula is C17H26ClN9O2. The number of anilines is 1. The van der Waals surface area contributed by atoms with Crippen molar-refractivity contribution in [2.75, 3.05) is 18.8 Å². The van der Waals surface area contributed by atoms with Crippen molar-refractivity contribution >= 4 is 29.8 Å². The summed E-state index contributed by atoms with van der Waals surface area (Å²) in [4.78, 5) is 15.3. The number of hydrazone groups is 1. The molecule has 2 aromatic heterocycles. The summed E-state index contributed by atoms with van der Waals surface area (Å²) in [6.07, 6.45) is 8.77. The van der Waals surface area contributed by atoms with E-state index in [0.717, 1.165) is 57.3 Å². The van der Waals surface area contributed by atoms with Gasteiger partial charge in [0.15, 0.2) is 5.69 Å². The van der Waals surface area contributed by atoms with Crippen LogP contribution < -0.4 is 11.2 Å². The third-order valence-corrected chi connectivity index (χ3v) is 5.22. The molecule has 1 aliphatic carbocycles. The molecule has 0 radical (unpaired) electrons. The number of nitrogens with zero attached hydrogens (tertiary/aromatic N) is 7. The lowest BCUT2D eigenvalue weighted by Crippen LogP contribution is -2.31. The van der Waals surface area contributed by atoms with Crippen LogP contribution in [0, 0.1) is 0 Å². The Morgan fingerprint density at radius 1 is 1.10 bits per heavy atom. The molecule has 29 heavy (non-hydrogen) atoms. The van der Waals surface area contributed by atoms with Gasteiger partial charge in [-0.1, -0.05) is 18.1 Å². The van der Waals surface area contributed by atoms with E-state index in [2.05, 4.69) is 40.7 Å². The Kier molecular flexibility index (Phi) is 7.15. The maximum absolute atomic E-state index is 13.0. The minimum atomic E-state index is -0.391. The fourth-order valence-electron chi connectivity index (χ4n) is 3.72. The van der Waals surface area contributed by atoms with Gasteiger partial charge in [0, 0.05) is 12.3 Å². The maximum atomic E-state index is 13.0. The van der Waals surface area contributed by atoms with Crippen molar-refractivity contribution in [2.24, 2.45) is 5.10 Å². The number of carbonyl (C=O) groups is 1. The lowest BCUT2D eigenvalue weighted by atomic mass is 9.99. The Morgan fingerprint density at radius 3 is 2.52 bits per heavy atom. The number of piperidine rings is 1. The monoisotopic (exact) mass is 423 g/mol. The molecule has 12 heteroatoms. The molecule has 3 N–H and O–H groups in total.